The first-order chi connectivity index (χ1) is 29.3. The van der Waals surface area contributed by atoms with E-state index in [0.717, 1.165) is 24.8 Å². The van der Waals surface area contributed by atoms with Crippen molar-refractivity contribution in [1.82, 2.24) is 23.7 Å². The summed E-state index contributed by atoms with van der Waals surface area (Å²) in [4.78, 5) is 80.5. The summed E-state index contributed by atoms with van der Waals surface area (Å²) in [7, 11) is -3.89. The molecule has 344 valence electrons. The number of nitrogens with one attached hydrogen (secondary N) is 1. The van der Waals surface area contributed by atoms with Gasteiger partial charge in [0.15, 0.2) is 5.60 Å². The van der Waals surface area contributed by atoms with Crippen molar-refractivity contribution in [3.63, 3.8) is 0 Å². The van der Waals surface area contributed by atoms with Crippen molar-refractivity contribution >= 4 is 44.9 Å². The molecule has 3 heterocycles. The van der Waals surface area contributed by atoms with E-state index in [0.29, 0.717) is 68.0 Å². The van der Waals surface area contributed by atoms with Crippen molar-refractivity contribution in [3.8, 4) is 17.1 Å². The van der Waals surface area contributed by atoms with E-state index in [-0.39, 0.29) is 60.9 Å². The van der Waals surface area contributed by atoms with Crippen LogP contribution >= 0.6 is 0 Å². The van der Waals surface area contributed by atoms with E-state index in [1.807, 2.05) is 36.4 Å². The normalized spacial score (nSPS) is 14.1. The van der Waals surface area contributed by atoms with E-state index in [4.69, 9.17) is 34.9 Å². The van der Waals surface area contributed by atoms with Crippen LogP contribution in [0.4, 0.5) is 0 Å². The van der Waals surface area contributed by atoms with Gasteiger partial charge in [-0.05, 0) is 62.3 Å². The Morgan fingerprint density at radius 1 is 1.02 bits per heavy atom. The molecule has 0 saturated carbocycles. The molecule has 0 spiro atoms. The number of rotatable bonds is 24. The third kappa shape index (κ3) is 14.5. The van der Waals surface area contributed by atoms with Gasteiger partial charge in [-0.25, -0.2) is 18.2 Å². The molecule has 62 heavy (non-hydrogen) atoms. The Kier molecular flexibility index (Phi) is 19.2. The molecule has 0 bridgehead atoms. The number of hydrogen-bond acceptors (Lipinski definition) is 15. The quantitative estimate of drug-likeness (QED) is 0.0490. The molecule has 0 radical (unpaired) electrons. The van der Waals surface area contributed by atoms with Crippen LogP contribution in [0.5, 0.6) is 5.75 Å². The van der Waals surface area contributed by atoms with Crippen LogP contribution in [0.3, 0.4) is 0 Å². The number of carboxylic acid groups (broad SMARTS) is 3. The molecule has 0 unspecified atom stereocenters. The summed E-state index contributed by atoms with van der Waals surface area (Å²) in [5, 5.41) is 43.3. The van der Waals surface area contributed by atoms with Crippen LogP contribution in [0.15, 0.2) is 34.1 Å². The maximum absolute atomic E-state index is 13.8. The maximum Gasteiger partial charge on any atom is 0.336 e. The average molecular weight is 897 g/mol. The van der Waals surface area contributed by atoms with Crippen LogP contribution in [0, 0.1) is 16.0 Å². The summed E-state index contributed by atoms with van der Waals surface area (Å²) in [6, 6.07) is 4.68. The number of sulfonamides is 1. The fraction of sp³-hybridized carbons (Fsp3) is 0.590. The number of hydrogen-bond donors (Lipinski definition) is 5. The molecule has 0 aliphatic carbocycles. The number of H-pyrrole nitrogens is 1. The number of carboxylic acids is 3. The van der Waals surface area contributed by atoms with Gasteiger partial charge in [0.2, 0.25) is 10.0 Å². The largest absolute Gasteiger partial charge is 0.493 e. The Hall–Kier alpha value is -5.65. The van der Waals surface area contributed by atoms with Crippen molar-refractivity contribution in [2.45, 2.75) is 96.1 Å². The summed E-state index contributed by atoms with van der Waals surface area (Å²) >= 11 is 0. The van der Waals surface area contributed by atoms with E-state index in [1.165, 1.54) is 16.4 Å². The van der Waals surface area contributed by atoms with Gasteiger partial charge in [0.05, 0.1) is 42.0 Å². The first-order valence-electron chi connectivity index (χ1n) is 20.2. The summed E-state index contributed by atoms with van der Waals surface area (Å²) in [5.74, 6) is -4.72. The van der Waals surface area contributed by atoms with Crippen molar-refractivity contribution in [2.75, 3.05) is 52.5 Å². The molecule has 1 fully saturated rings. The molecular weight excluding hydrogens is 841 g/mol. The summed E-state index contributed by atoms with van der Waals surface area (Å²) < 4.78 is 42.4. The minimum absolute atomic E-state index is 0.00785. The number of esters is 1. The highest BCUT2D eigenvalue weighted by molar-refractivity contribution is 7.89. The Labute approximate surface area is 357 Å². The standard InChI is InChI=1S/C33H48N6O9S.C6H8O7/c1-5-9-25-22-37(7-3)31-30(25)34-32(35-33(31)41)27-21-26(12-13-28(27)46-19-6-2)49(44,45)38-16-14-36(15-17-38)18-20-47-29(40)11-8-10-24(4)23-48-39(42)43;7-3(8)1-6(13,5(11)12)2-4(9)10/h12-13,21-22,24H,5-11,14-20,23H2,1-4H3,(H,34,35,41);13H,1-2H2,(H,7,8)(H,9,10)(H,11,12)/t24-;/m0./s1. The van der Waals surface area contributed by atoms with Crippen LogP contribution < -0.4 is 10.3 Å². The number of aromatic nitrogens is 3. The lowest BCUT2D eigenvalue weighted by molar-refractivity contribution is -0.759. The molecule has 0 amide bonds. The Morgan fingerprint density at radius 3 is 2.24 bits per heavy atom. The van der Waals surface area contributed by atoms with Crippen LogP contribution in [0.2, 0.25) is 0 Å². The van der Waals surface area contributed by atoms with Gasteiger partial charge in [0.25, 0.3) is 10.6 Å². The number of aryl methyl sites for hydroxylation is 2. The average Bonchev–Trinajstić information content (AvgIpc) is 3.56. The zero-order valence-electron chi connectivity index (χ0n) is 35.2. The zero-order chi connectivity index (χ0) is 46.2. The summed E-state index contributed by atoms with van der Waals surface area (Å²) in [5.41, 5.74) is -0.566. The molecule has 1 atom stereocenters. The third-order valence-corrected chi connectivity index (χ3v) is 11.7. The fourth-order valence-corrected chi connectivity index (χ4v) is 8.03. The molecule has 1 aliphatic heterocycles. The lowest BCUT2D eigenvalue weighted by Gasteiger charge is -2.33. The second-order valence-electron chi connectivity index (χ2n) is 14.8. The predicted molar refractivity (Wildman–Crippen MR) is 220 cm³/mol. The smallest absolute Gasteiger partial charge is 0.336 e. The van der Waals surface area contributed by atoms with E-state index in [1.54, 1.807) is 6.07 Å². The molecule has 22 nitrogen and oxygen atoms in total. The second kappa shape index (κ2) is 23.5. The Bertz CT molecular complexity index is 2180. The molecular formula is C39H56N6O16S. The van der Waals surface area contributed by atoms with E-state index in [9.17, 15) is 42.5 Å². The summed E-state index contributed by atoms with van der Waals surface area (Å²) in [6.45, 7) is 11.0. The van der Waals surface area contributed by atoms with Crippen LogP contribution in [0.1, 0.15) is 78.2 Å². The van der Waals surface area contributed by atoms with Gasteiger partial charge in [-0.1, -0.05) is 27.2 Å². The molecule has 1 aromatic carbocycles. The third-order valence-electron chi connectivity index (χ3n) is 9.79. The monoisotopic (exact) mass is 896 g/mol. The number of carbonyl (C=O) groups is 4. The Balaban J connectivity index is 0.000000679. The number of aliphatic hydroxyl groups is 1. The van der Waals surface area contributed by atoms with Crippen molar-refractivity contribution in [2.24, 2.45) is 5.92 Å². The van der Waals surface area contributed by atoms with Gasteiger partial charge >= 0.3 is 23.9 Å². The molecule has 1 aliphatic rings. The van der Waals surface area contributed by atoms with Crippen molar-refractivity contribution in [1.29, 1.82) is 0 Å². The number of nitrogens with zero attached hydrogens (tertiary/aromatic N) is 5. The van der Waals surface area contributed by atoms with Gasteiger partial charge in [-0.15, -0.1) is 10.1 Å². The molecule has 2 aromatic heterocycles. The lowest BCUT2D eigenvalue weighted by atomic mass is 9.96. The molecule has 3 aromatic rings. The van der Waals surface area contributed by atoms with E-state index < -0.39 is 51.5 Å². The first-order valence-corrected chi connectivity index (χ1v) is 21.6. The highest BCUT2D eigenvalue weighted by Gasteiger charge is 2.41. The van der Waals surface area contributed by atoms with Gasteiger partial charge in [0, 0.05) is 51.9 Å². The van der Waals surface area contributed by atoms with Crippen molar-refractivity contribution < 1.29 is 67.4 Å². The predicted octanol–water partition coefficient (Wildman–Crippen LogP) is 2.77. The van der Waals surface area contributed by atoms with Crippen LogP contribution in [0.25, 0.3) is 22.4 Å². The van der Waals surface area contributed by atoms with Gasteiger partial charge < -0.3 is 44.3 Å². The minimum Gasteiger partial charge on any atom is -0.493 e. The van der Waals surface area contributed by atoms with Crippen LogP contribution in [-0.2, 0) is 51.7 Å². The number of benzene rings is 1. The Morgan fingerprint density at radius 2 is 1.68 bits per heavy atom. The lowest BCUT2D eigenvalue weighted by Crippen LogP contribution is -2.49. The van der Waals surface area contributed by atoms with Crippen molar-refractivity contribution in [3.05, 3.63) is 50.4 Å². The highest BCUT2D eigenvalue weighted by atomic mass is 32.2. The van der Waals surface area contributed by atoms with E-state index in [2.05, 4.69) is 16.7 Å². The first kappa shape index (κ1) is 50.7. The zero-order valence-corrected chi connectivity index (χ0v) is 36.1. The second-order valence-corrected chi connectivity index (χ2v) is 16.7. The molecule has 4 rings (SSSR count). The molecule has 23 heteroatoms. The number of aliphatic carboxylic acids is 3. The number of piperazine rings is 1. The fourth-order valence-electron chi connectivity index (χ4n) is 6.58. The topological polar surface area (TPSA) is 311 Å². The number of fused-ring (bicyclic) bond motifs is 1. The minimum atomic E-state index is -3.89. The maximum atomic E-state index is 13.8. The summed E-state index contributed by atoms with van der Waals surface area (Å²) in [6.07, 6.45) is 3.41. The SMILES string of the molecule is CCCOc1ccc(S(=O)(=O)N2CCN(CCOC(=O)CCC[C@H](C)CO[N+](=O)[O-])CC2)cc1-c1nc2c(CCC)cn(CC)c2c(=O)[nH]1.O=C(O)CC(O)(CC(=O)O)C(=O)O. The molecule has 1 saturated heterocycles. The number of carbonyl (C=O) groups excluding carboxylic acids is 1. The van der Waals surface area contributed by atoms with E-state index >= 15 is 0 Å². The van der Waals surface area contributed by atoms with Gasteiger partial charge in [-0.3, -0.25) is 24.1 Å². The number of aromatic amines is 1. The van der Waals surface area contributed by atoms with Gasteiger partial charge in [0.1, 0.15) is 23.7 Å². The highest BCUT2D eigenvalue weighted by Crippen LogP contribution is 2.33. The number of ether oxygens (including phenoxy) is 2. The molecule has 5 N–H and O–H groups in total. The van der Waals surface area contributed by atoms with Gasteiger partial charge in [-0.2, -0.15) is 4.31 Å². The van der Waals surface area contributed by atoms with Crippen LogP contribution in [-0.4, -0.2) is 140 Å².